The molecule has 0 aliphatic rings. The molecule has 86 valence electrons. The van der Waals surface area contributed by atoms with Gasteiger partial charge < -0.3 is 9.84 Å². The second-order valence-corrected chi connectivity index (χ2v) is 3.58. The fourth-order valence-corrected chi connectivity index (χ4v) is 1.55. The number of nitrogens with zero attached hydrogens (tertiary/aromatic N) is 1. The minimum atomic E-state index is -0.967. The quantitative estimate of drug-likeness (QED) is 0.764. The lowest BCUT2D eigenvalue weighted by Gasteiger charge is -2.00. The molecule has 0 bridgehead atoms. The van der Waals surface area contributed by atoms with Crippen molar-refractivity contribution in [2.45, 2.75) is 6.42 Å². The molecule has 1 heterocycles. The van der Waals surface area contributed by atoms with Crippen LogP contribution in [0.25, 0.3) is 0 Å². The van der Waals surface area contributed by atoms with Crippen molar-refractivity contribution in [3.63, 3.8) is 0 Å². The Labute approximate surface area is 95.6 Å². The Morgan fingerprint density at radius 3 is 3.06 bits per heavy atom. The molecule has 0 unspecified atom stereocenters. The van der Waals surface area contributed by atoms with E-state index in [1.54, 1.807) is 5.38 Å². The van der Waals surface area contributed by atoms with E-state index in [0.717, 1.165) is 11.3 Å². The summed E-state index contributed by atoms with van der Waals surface area (Å²) in [6.45, 7) is 3.50. The van der Waals surface area contributed by atoms with Gasteiger partial charge in [-0.25, -0.2) is 9.78 Å². The van der Waals surface area contributed by atoms with Crippen molar-refractivity contribution in [1.29, 1.82) is 0 Å². The van der Waals surface area contributed by atoms with E-state index in [1.165, 1.54) is 6.08 Å². The summed E-state index contributed by atoms with van der Waals surface area (Å²) in [5.41, 5.74) is 0.400. The fraction of sp³-hybridized carbons (Fsp3) is 0.222. The third-order valence-electron chi connectivity index (χ3n) is 1.43. The van der Waals surface area contributed by atoms with Crippen LogP contribution in [0.4, 0.5) is 9.93 Å². The lowest BCUT2D eigenvalue weighted by Crippen LogP contribution is -2.13. The summed E-state index contributed by atoms with van der Waals surface area (Å²) in [5.74, 6) is -0.967. The topological polar surface area (TPSA) is 88.5 Å². The Balaban J connectivity index is 2.48. The minimum absolute atomic E-state index is 0.110. The van der Waals surface area contributed by atoms with E-state index >= 15 is 0 Å². The number of nitrogens with one attached hydrogen (secondary N) is 1. The van der Waals surface area contributed by atoms with Crippen LogP contribution in [-0.2, 0) is 16.0 Å². The smallest absolute Gasteiger partial charge is 0.413 e. The number of anilines is 1. The van der Waals surface area contributed by atoms with E-state index in [1.807, 2.05) is 0 Å². The van der Waals surface area contributed by atoms with Crippen molar-refractivity contribution in [2.75, 3.05) is 11.9 Å². The van der Waals surface area contributed by atoms with E-state index in [9.17, 15) is 9.59 Å². The third-order valence-corrected chi connectivity index (χ3v) is 2.23. The van der Waals surface area contributed by atoms with Crippen molar-refractivity contribution in [1.82, 2.24) is 4.98 Å². The number of carbonyl (C=O) groups excluding carboxylic acids is 1. The van der Waals surface area contributed by atoms with Gasteiger partial charge in [0.25, 0.3) is 0 Å². The van der Waals surface area contributed by atoms with Crippen molar-refractivity contribution >= 4 is 28.5 Å². The van der Waals surface area contributed by atoms with Gasteiger partial charge in [0.05, 0.1) is 12.1 Å². The number of aliphatic carboxylic acids is 1. The zero-order valence-corrected chi connectivity index (χ0v) is 9.12. The number of thiazole rings is 1. The summed E-state index contributed by atoms with van der Waals surface area (Å²) >= 11 is 1.14. The normalized spacial score (nSPS) is 9.50. The van der Waals surface area contributed by atoms with Crippen molar-refractivity contribution < 1.29 is 19.4 Å². The first-order chi connectivity index (χ1) is 7.61. The summed E-state index contributed by atoms with van der Waals surface area (Å²) < 4.78 is 4.67. The largest absolute Gasteiger partial charge is 0.481 e. The number of rotatable bonds is 5. The molecule has 0 aliphatic carbocycles. The zero-order valence-electron chi connectivity index (χ0n) is 8.30. The van der Waals surface area contributed by atoms with Gasteiger partial charge >= 0.3 is 12.1 Å². The number of ether oxygens (including phenoxy) is 1. The Kier molecular flexibility index (Phi) is 4.46. The molecular formula is C9H10N2O4S. The van der Waals surface area contributed by atoms with Crippen molar-refractivity contribution in [3.8, 4) is 0 Å². The molecule has 0 aromatic carbocycles. The van der Waals surface area contributed by atoms with Crippen LogP contribution in [-0.4, -0.2) is 28.8 Å². The molecule has 1 aromatic heterocycles. The summed E-state index contributed by atoms with van der Waals surface area (Å²) in [5, 5.41) is 12.8. The molecule has 0 saturated carbocycles. The second kappa shape index (κ2) is 5.86. The Hall–Kier alpha value is -1.89. The average Bonchev–Trinajstić information content (AvgIpc) is 2.61. The van der Waals surface area contributed by atoms with Crippen LogP contribution < -0.4 is 5.32 Å². The number of hydrogen-bond acceptors (Lipinski definition) is 5. The van der Waals surface area contributed by atoms with E-state index in [-0.39, 0.29) is 13.0 Å². The van der Waals surface area contributed by atoms with Gasteiger partial charge in [-0.1, -0.05) is 12.7 Å². The molecule has 2 N–H and O–H groups in total. The van der Waals surface area contributed by atoms with Gasteiger partial charge in [-0.3, -0.25) is 10.1 Å². The number of carboxylic acid groups (broad SMARTS) is 1. The summed E-state index contributed by atoms with van der Waals surface area (Å²) in [6.07, 6.45) is 0.632. The first-order valence-electron chi connectivity index (χ1n) is 4.32. The average molecular weight is 242 g/mol. The summed E-state index contributed by atoms with van der Waals surface area (Å²) in [4.78, 5) is 25.4. The van der Waals surface area contributed by atoms with Crippen LogP contribution in [0.15, 0.2) is 18.0 Å². The van der Waals surface area contributed by atoms with Gasteiger partial charge in [0.15, 0.2) is 5.13 Å². The number of amides is 1. The van der Waals surface area contributed by atoms with Crippen LogP contribution in [0.3, 0.4) is 0 Å². The van der Waals surface area contributed by atoms with Gasteiger partial charge in [0.1, 0.15) is 6.61 Å². The highest BCUT2D eigenvalue weighted by atomic mass is 32.1. The van der Waals surface area contributed by atoms with Crippen molar-refractivity contribution in [3.05, 3.63) is 23.7 Å². The molecule has 0 fully saturated rings. The van der Waals surface area contributed by atoms with Gasteiger partial charge in [-0.05, 0) is 0 Å². The predicted molar refractivity (Wildman–Crippen MR) is 58.6 cm³/mol. The van der Waals surface area contributed by atoms with Crippen LogP contribution in [0, 0.1) is 0 Å². The molecule has 1 rings (SSSR count). The fourth-order valence-electron chi connectivity index (χ4n) is 0.859. The molecule has 0 saturated heterocycles. The highest BCUT2D eigenvalue weighted by molar-refractivity contribution is 7.13. The second-order valence-electron chi connectivity index (χ2n) is 2.73. The molecular weight excluding hydrogens is 232 g/mol. The van der Waals surface area contributed by atoms with Crippen LogP contribution in [0.2, 0.25) is 0 Å². The van der Waals surface area contributed by atoms with E-state index in [0.29, 0.717) is 10.8 Å². The molecule has 0 aliphatic heterocycles. The van der Waals surface area contributed by atoms with Crippen LogP contribution in [0.1, 0.15) is 5.69 Å². The molecule has 0 radical (unpaired) electrons. The maximum Gasteiger partial charge on any atom is 0.413 e. The number of carbonyl (C=O) groups is 2. The van der Waals surface area contributed by atoms with Gasteiger partial charge in [0.2, 0.25) is 0 Å². The lowest BCUT2D eigenvalue weighted by atomic mass is 10.3. The Bertz CT molecular complexity index is 402. The Morgan fingerprint density at radius 1 is 1.69 bits per heavy atom. The Morgan fingerprint density at radius 2 is 2.44 bits per heavy atom. The van der Waals surface area contributed by atoms with E-state index < -0.39 is 12.1 Å². The number of aromatic nitrogens is 1. The maximum atomic E-state index is 11.1. The summed E-state index contributed by atoms with van der Waals surface area (Å²) in [6, 6.07) is 0. The molecule has 7 heteroatoms. The predicted octanol–water partition coefficient (Wildman–Crippen LogP) is 1.50. The SMILES string of the molecule is C=CCOC(=O)Nc1nc(CC(=O)O)cs1. The molecule has 0 atom stereocenters. The highest BCUT2D eigenvalue weighted by Crippen LogP contribution is 2.15. The highest BCUT2D eigenvalue weighted by Gasteiger charge is 2.08. The van der Waals surface area contributed by atoms with Crippen LogP contribution in [0.5, 0.6) is 0 Å². The monoisotopic (exact) mass is 242 g/mol. The minimum Gasteiger partial charge on any atom is -0.481 e. The number of carboxylic acids is 1. The van der Waals surface area contributed by atoms with E-state index in [4.69, 9.17) is 5.11 Å². The summed E-state index contributed by atoms with van der Waals surface area (Å²) in [7, 11) is 0. The zero-order chi connectivity index (χ0) is 12.0. The van der Waals surface area contributed by atoms with Crippen LogP contribution >= 0.6 is 11.3 Å². The van der Waals surface area contributed by atoms with Gasteiger partial charge in [0, 0.05) is 5.38 Å². The first-order valence-corrected chi connectivity index (χ1v) is 5.20. The van der Waals surface area contributed by atoms with E-state index in [2.05, 4.69) is 21.6 Å². The standard InChI is InChI=1S/C9H10N2O4S/c1-2-3-15-9(14)11-8-10-6(5-16-8)4-7(12)13/h2,5H,1,3-4H2,(H,12,13)(H,10,11,14). The van der Waals surface area contributed by atoms with Crippen molar-refractivity contribution in [2.24, 2.45) is 0 Å². The molecule has 16 heavy (non-hydrogen) atoms. The molecule has 0 spiro atoms. The van der Waals surface area contributed by atoms with Gasteiger partial charge in [-0.15, -0.1) is 11.3 Å². The third kappa shape index (κ3) is 4.09. The first kappa shape index (κ1) is 12.2. The molecule has 1 aromatic rings. The number of hydrogen-bond donors (Lipinski definition) is 2. The molecule has 6 nitrogen and oxygen atoms in total. The maximum absolute atomic E-state index is 11.1. The molecule has 1 amide bonds. The van der Waals surface area contributed by atoms with Gasteiger partial charge in [-0.2, -0.15) is 0 Å². The lowest BCUT2D eigenvalue weighted by molar-refractivity contribution is -0.136.